The van der Waals surface area contributed by atoms with Gasteiger partial charge in [0, 0.05) is 17.8 Å². The standard InChI is InChI=1S/C16H17N5/c1-17-12-6-13(7-12)21-10-11(8-19-21)16-9-18-14-4-2-3-5-15(14)20-16/h2-5,8-10,12-13,17H,6-7H2,1H3. The lowest BCUT2D eigenvalue weighted by atomic mass is 9.87. The number of hydrogen-bond donors (Lipinski definition) is 1. The Labute approximate surface area is 123 Å². The molecular formula is C16H17N5. The molecule has 0 amide bonds. The normalized spacial score (nSPS) is 21.4. The third kappa shape index (κ3) is 2.19. The van der Waals surface area contributed by atoms with Gasteiger partial charge >= 0.3 is 0 Å². The molecule has 5 nitrogen and oxygen atoms in total. The van der Waals surface area contributed by atoms with E-state index < -0.39 is 0 Å². The van der Waals surface area contributed by atoms with Gasteiger partial charge in [-0.2, -0.15) is 5.10 Å². The van der Waals surface area contributed by atoms with Gasteiger partial charge in [-0.05, 0) is 32.0 Å². The van der Waals surface area contributed by atoms with Crippen LogP contribution in [-0.4, -0.2) is 32.8 Å². The van der Waals surface area contributed by atoms with Crippen LogP contribution in [0.1, 0.15) is 18.9 Å². The minimum absolute atomic E-state index is 0.504. The number of fused-ring (bicyclic) bond motifs is 1. The highest BCUT2D eigenvalue weighted by atomic mass is 15.3. The summed E-state index contributed by atoms with van der Waals surface area (Å²) in [6, 6.07) is 9.05. The summed E-state index contributed by atoms with van der Waals surface area (Å²) in [4.78, 5) is 9.13. The predicted octanol–water partition coefficient (Wildman–Crippen LogP) is 2.42. The van der Waals surface area contributed by atoms with Crippen molar-refractivity contribution in [1.29, 1.82) is 0 Å². The van der Waals surface area contributed by atoms with Crippen molar-refractivity contribution in [1.82, 2.24) is 25.1 Å². The highest BCUT2D eigenvalue weighted by Gasteiger charge is 2.29. The summed E-state index contributed by atoms with van der Waals surface area (Å²) < 4.78 is 2.06. The minimum Gasteiger partial charge on any atom is -0.317 e. The van der Waals surface area contributed by atoms with Gasteiger partial charge in [-0.1, -0.05) is 12.1 Å². The molecule has 1 saturated carbocycles. The molecule has 4 rings (SSSR count). The summed E-state index contributed by atoms with van der Waals surface area (Å²) in [7, 11) is 2.01. The molecule has 0 spiro atoms. The summed E-state index contributed by atoms with van der Waals surface area (Å²) in [6.45, 7) is 0. The van der Waals surface area contributed by atoms with E-state index in [-0.39, 0.29) is 0 Å². The fourth-order valence-corrected chi connectivity index (χ4v) is 2.81. The minimum atomic E-state index is 0.504. The highest BCUT2D eigenvalue weighted by Crippen LogP contribution is 2.32. The van der Waals surface area contributed by atoms with Crippen LogP contribution in [0, 0.1) is 0 Å². The predicted molar refractivity (Wildman–Crippen MR) is 81.9 cm³/mol. The Bertz CT molecular complexity index is 773. The van der Waals surface area contributed by atoms with E-state index in [1.807, 2.05) is 43.7 Å². The molecule has 5 heteroatoms. The average Bonchev–Trinajstić information content (AvgIpc) is 2.95. The monoisotopic (exact) mass is 279 g/mol. The van der Waals surface area contributed by atoms with Gasteiger partial charge in [-0.3, -0.25) is 9.67 Å². The van der Waals surface area contributed by atoms with E-state index in [2.05, 4.69) is 31.3 Å². The SMILES string of the molecule is CNC1CC(n2cc(-c3cnc4ccccc4n3)cn2)C1. The Balaban J connectivity index is 1.62. The van der Waals surface area contributed by atoms with Crippen LogP contribution in [0.2, 0.25) is 0 Å². The zero-order chi connectivity index (χ0) is 14.2. The Morgan fingerprint density at radius 1 is 1.14 bits per heavy atom. The molecule has 2 aromatic heterocycles. The topological polar surface area (TPSA) is 55.6 Å². The zero-order valence-electron chi connectivity index (χ0n) is 11.9. The van der Waals surface area contributed by atoms with Gasteiger partial charge in [-0.15, -0.1) is 0 Å². The lowest BCUT2D eigenvalue weighted by molar-refractivity contribution is 0.220. The van der Waals surface area contributed by atoms with Crippen LogP contribution in [0.3, 0.4) is 0 Å². The molecule has 0 bridgehead atoms. The van der Waals surface area contributed by atoms with Gasteiger partial charge in [0.25, 0.3) is 0 Å². The Kier molecular flexibility index (Phi) is 2.93. The van der Waals surface area contributed by atoms with E-state index in [1.165, 1.54) is 0 Å². The molecule has 0 saturated heterocycles. The molecule has 1 aliphatic carbocycles. The number of para-hydroxylation sites is 2. The van der Waals surface area contributed by atoms with E-state index >= 15 is 0 Å². The largest absolute Gasteiger partial charge is 0.317 e. The van der Waals surface area contributed by atoms with Crippen LogP contribution in [-0.2, 0) is 0 Å². The highest BCUT2D eigenvalue weighted by molar-refractivity contribution is 5.76. The molecular weight excluding hydrogens is 262 g/mol. The van der Waals surface area contributed by atoms with Gasteiger partial charge in [-0.25, -0.2) is 4.98 Å². The van der Waals surface area contributed by atoms with Crippen LogP contribution < -0.4 is 5.32 Å². The lowest BCUT2D eigenvalue weighted by Gasteiger charge is -2.35. The number of aromatic nitrogens is 4. The quantitative estimate of drug-likeness (QED) is 0.800. The van der Waals surface area contributed by atoms with E-state index in [0.717, 1.165) is 35.1 Å². The average molecular weight is 279 g/mol. The first kappa shape index (κ1) is 12.5. The summed E-state index contributed by atoms with van der Waals surface area (Å²) in [6.07, 6.45) is 8.06. The first-order valence-corrected chi connectivity index (χ1v) is 7.27. The molecule has 1 N–H and O–H groups in total. The molecule has 1 aromatic carbocycles. The number of nitrogens with one attached hydrogen (secondary N) is 1. The molecule has 21 heavy (non-hydrogen) atoms. The van der Waals surface area contributed by atoms with Crippen LogP contribution >= 0.6 is 0 Å². The molecule has 0 atom stereocenters. The Morgan fingerprint density at radius 3 is 2.76 bits per heavy atom. The molecule has 2 heterocycles. The number of hydrogen-bond acceptors (Lipinski definition) is 4. The van der Waals surface area contributed by atoms with Crippen LogP contribution in [0.5, 0.6) is 0 Å². The second-order valence-electron chi connectivity index (χ2n) is 5.56. The number of benzene rings is 1. The van der Waals surface area contributed by atoms with Crippen LogP contribution in [0.25, 0.3) is 22.3 Å². The second-order valence-corrected chi connectivity index (χ2v) is 5.56. The van der Waals surface area contributed by atoms with E-state index in [4.69, 9.17) is 0 Å². The van der Waals surface area contributed by atoms with Gasteiger partial charge in [0.2, 0.25) is 0 Å². The maximum absolute atomic E-state index is 4.66. The van der Waals surface area contributed by atoms with Crippen molar-refractivity contribution in [3.8, 4) is 11.3 Å². The smallest absolute Gasteiger partial charge is 0.0924 e. The zero-order valence-corrected chi connectivity index (χ0v) is 11.9. The van der Waals surface area contributed by atoms with Gasteiger partial charge in [0.05, 0.1) is 35.2 Å². The molecule has 1 fully saturated rings. The van der Waals surface area contributed by atoms with Gasteiger partial charge in [0.1, 0.15) is 0 Å². The maximum Gasteiger partial charge on any atom is 0.0924 e. The first-order valence-electron chi connectivity index (χ1n) is 7.27. The van der Waals surface area contributed by atoms with Crippen molar-refractivity contribution in [3.05, 3.63) is 42.9 Å². The molecule has 106 valence electrons. The van der Waals surface area contributed by atoms with Gasteiger partial charge < -0.3 is 5.32 Å². The molecule has 1 aliphatic rings. The summed E-state index contributed by atoms with van der Waals surface area (Å²) in [5.74, 6) is 0. The molecule has 0 aliphatic heterocycles. The van der Waals surface area contributed by atoms with E-state index in [0.29, 0.717) is 12.1 Å². The molecule has 3 aromatic rings. The van der Waals surface area contributed by atoms with Crippen molar-refractivity contribution in [2.75, 3.05) is 7.05 Å². The molecule has 0 unspecified atom stereocenters. The van der Waals surface area contributed by atoms with Crippen molar-refractivity contribution >= 4 is 11.0 Å². The fourth-order valence-electron chi connectivity index (χ4n) is 2.81. The van der Waals surface area contributed by atoms with Crippen molar-refractivity contribution in [3.63, 3.8) is 0 Å². The first-order chi connectivity index (χ1) is 10.3. The van der Waals surface area contributed by atoms with Crippen molar-refractivity contribution in [2.45, 2.75) is 24.9 Å². The van der Waals surface area contributed by atoms with E-state index in [9.17, 15) is 0 Å². The van der Waals surface area contributed by atoms with Gasteiger partial charge in [0.15, 0.2) is 0 Å². The summed E-state index contributed by atoms with van der Waals surface area (Å²) in [5.41, 5.74) is 3.75. The summed E-state index contributed by atoms with van der Waals surface area (Å²) >= 11 is 0. The van der Waals surface area contributed by atoms with Crippen LogP contribution in [0.15, 0.2) is 42.9 Å². The fraction of sp³-hybridized carbons (Fsp3) is 0.312. The third-order valence-electron chi connectivity index (χ3n) is 4.24. The van der Waals surface area contributed by atoms with E-state index in [1.54, 1.807) is 0 Å². The Morgan fingerprint density at radius 2 is 1.95 bits per heavy atom. The molecule has 0 radical (unpaired) electrons. The maximum atomic E-state index is 4.66. The van der Waals surface area contributed by atoms with Crippen molar-refractivity contribution < 1.29 is 0 Å². The second kappa shape index (κ2) is 4.93. The van der Waals surface area contributed by atoms with Crippen LogP contribution in [0.4, 0.5) is 0 Å². The lowest BCUT2D eigenvalue weighted by Crippen LogP contribution is -2.40. The number of rotatable bonds is 3. The summed E-state index contributed by atoms with van der Waals surface area (Å²) in [5, 5.41) is 7.78. The van der Waals surface area contributed by atoms with Crippen molar-refractivity contribution in [2.24, 2.45) is 0 Å². The Hall–Kier alpha value is -2.27. The third-order valence-corrected chi connectivity index (χ3v) is 4.24. The number of nitrogens with zero attached hydrogens (tertiary/aromatic N) is 4.